The SMILES string of the molecule is O=C(C[C@@H]1SC(=Nc2ccc(F)cc2)N(C2CCCC2)C1=O)Nc1cccc([N+](=O)[O-])c1. The van der Waals surface area contributed by atoms with E-state index in [2.05, 4.69) is 10.3 Å². The lowest BCUT2D eigenvalue weighted by atomic mass is 10.2. The number of rotatable bonds is 6. The average Bonchev–Trinajstić information content (AvgIpc) is 3.38. The number of aliphatic imine (C=N–C) groups is 1. The number of nitro benzene ring substituents is 1. The third-order valence-electron chi connectivity index (χ3n) is 5.42. The second-order valence-electron chi connectivity index (χ2n) is 7.68. The number of amidine groups is 1. The molecule has 2 aromatic carbocycles. The molecule has 2 aromatic rings. The highest BCUT2D eigenvalue weighted by Gasteiger charge is 2.43. The van der Waals surface area contributed by atoms with Gasteiger partial charge in [0.05, 0.1) is 10.6 Å². The van der Waals surface area contributed by atoms with Crippen LogP contribution in [0.25, 0.3) is 0 Å². The van der Waals surface area contributed by atoms with Crippen LogP contribution in [0.2, 0.25) is 0 Å². The Bertz CT molecular complexity index is 1070. The minimum atomic E-state index is -0.645. The molecule has 32 heavy (non-hydrogen) atoms. The lowest BCUT2D eigenvalue weighted by Gasteiger charge is -2.23. The van der Waals surface area contributed by atoms with Gasteiger partial charge in [-0.2, -0.15) is 0 Å². The van der Waals surface area contributed by atoms with Gasteiger partial charge >= 0.3 is 0 Å². The monoisotopic (exact) mass is 456 g/mol. The van der Waals surface area contributed by atoms with Crippen LogP contribution in [0, 0.1) is 15.9 Å². The minimum Gasteiger partial charge on any atom is -0.326 e. The number of amides is 2. The molecule has 1 N–H and O–H groups in total. The molecule has 1 aliphatic heterocycles. The highest BCUT2D eigenvalue weighted by atomic mass is 32.2. The third-order valence-corrected chi connectivity index (χ3v) is 6.57. The molecule has 1 atom stereocenters. The largest absolute Gasteiger partial charge is 0.326 e. The summed E-state index contributed by atoms with van der Waals surface area (Å²) in [5, 5.41) is 13.4. The number of thioether (sulfide) groups is 1. The number of benzene rings is 2. The van der Waals surface area contributed by atoms with Crippen LogP contribution in [-0.2, 0) is 9.59 Å². The van der Waals surface area contributed by atoms with E-state index in [9.17, 15) is 24.1 Å². The van der Waals surface area contributed by atoms with E-state index in [1.165, 1.54) is 42.1 Å². The Labute approximate surface area is 188 Å². The van der Waals surface area contributed by atoms with Crippen molar-refractivity contribution >= 4 is 45.8 Å². The minimum absolute atomic E-state index is 0.0408. The zero-order valence-electron chi connectivity index (χ0n) is 17.1. The van der Waals surface area contributed by atoms with Gasteiger partial charge in [0.1, 0.15) is 11.1 Å². The van der Waals surface area contributed by atoms with Gasteiger partial charge in [0.15, 0.2) is 5.17 Å². The molecule has 1 aliphatic carbocycles. The maximum absolute atomic E-state index is 13.2. The molecule has 0 spiro atoms. The molecule has 1 saturated heterocycles. The Morgan fingerprint density at radius 2 is 1.94 bits per heavy atom. The van der Waals surface area contributed by atoms with Crippen molar-refractivity contribution in [3.8, 4) is 0 Å². The summed E-state index contributed by atoms with van der Waals surface area (Å²) in [6, 6.07) is 11.4. The van der Waals surface area contributed by atoms with Gasteiger partial charge in [-0.05, 0) is 43.2 Å². The van der Waals surface area contributed by atoms with Crippen molar-refractivity contribution in [1.82, 2.24) is 4.90 Å². The molecule has 8 nitrogen and oxygen atoms in total. The van der Waals surface area contributed by atoms with Crippen LogP contribution in [0.3, 0.4) is 0 Å². The first-order valence-electron chi connectivity index (χ1n) is 10.3. The topological polar surface area (TPSA) is 105 Å². The van der Waals surface area contributed by atoms with Crippen molar-refractivity contribution in [2.75, 3.05) is 5.32 Å². The molecule has 0 radical (unpaired) electrons. The fourth-order valence-electron chi connectivity index (χ4n) is 3.90. The number of nitro groups is 1. The molecule has 0 unspecified atom stereocenters. The molecule has 166 valence electrons. The predicted octanol–water partition coefficient (Wildman–Crippen LogP) is 4.64. The second kappa shape index (κ2) is 9.47. The number of hydrogen-bond donors (Lipinski definition) is 1. The smallest absolute Gasteiger partial charge is 0.271 e. The van der Waals surface area contributed by atoms with Crippen LogP contribution in [0.1, 0.15) is 32.1 Å². The third kappa shape index (κ3) is 4.96. The summed E-state index contributed by atoms with van der Waals surface area (Å²) in [7, 11) is 0. The summed E-state index contributed by atoms with van der Waals surface area (Å²) in [6.45, 7) is 0. The fourth-order valence-corrected chi connectivity index (χ4v) is 5.11. The Morgan fingerprint density at radius 1 is 1.22 bits per heavy atom. The molecule has 0 bridgehead atoms. The Hall–Kier alpha value is -3.27. The maximum atomic E-state index is 13.2. The van der Waals surface area contributed by atoms with E-state index < -0.39 is 16.1 Å². The first-order chi connectivity index (χ1) is 15.4. The summed E-state index contributed by atoms with van der Waals surface area (Å²) in [4.78, 5) is 42.4. The quantitative estimate of drug-likeness (QED) is 0.504. The summed E-state index contributed by atoms with van der Waals surface area (Å²) in [6.07, 6.45) is 3.72. The van der Waals surface area contributed by atoms with Crippen molar-refractivity contribution in [3.05, 3.63) is 64.5 Å². The van der Waals surface area contributed by atoms with E-state index in [0.717, 1.165) is 25.7 Å². The highest BCUT2D eigenvalue weighted by molar-refractivity contribution is 8.15. The Balaban J connectivity index is 1.50. The van der Waals surface area contributed by atoms with Crippen LogP contribution in [-0.4, -0.2) is 38.1 Å². The van der Waals surface area contributed by atoms with Gasteiger partial charge in [-0.15, -0.1) is 0 Å². The summed E-state index contributed by atoms with van der Waals surface area (Å²) in [5.74, 6) is -0.949. The maximum Gasteiger partial charge on any atom is 0.271 e. The summed E-state index contributed by atoms with van der Waals surface area (Å²) < 4.78 is 13.2. The number of nitrogens with zero attached hydrogens (tertiary/aromatic N) is 3. The van der Waals surface area contributed by atoms with E-state index >= 15 is 0 Å². The van der Waals surface area contributed by atoms with Gasteiger partial charge < -0.3 is 5.32 Å². The Morgan fingerprint density at radius 3 is 2.62 bits per heavy atom. The molecule has 2 fully saturated rings. The number of non-ortho nitro benzene ring substituents is 1. The van der Waals surface area contributed by atoms with Crippen LogP contribution in [0.5, 0.6) is 0 Å². The first kappa shape index (κ1) is 21.9. The van der Waals surface area contributed by atoms with E-state index in [1.54, 1.807) is 23.1 Å². The van der Waals surface area contributed by atoms with E-state index in [1.807, 2.05) is 0 Å². The van der Waals surface area contributed by atoms with Crippen LogP contribution < -0.4 is 5.32 Å². The normalized spacial score (nSPS) is 20.2. The predicted molar refractivity (Wildman–Crippen MR) is 120 cm³/mol. The lowest BCUT2D eigenvalue weighted by Crippen LogP contribution is -2.40. The van der Waals surface area contributed by atoms with Gasteiger partial charge in [-0.1, -0.05) is 30.7 Å². The number of nitrogens with one attached hydrogen (secondary N) is 1. The first-order valence-corrected chi connectivity index (χ1v) is 11.2. The van der Waals surface area contributed by atoms with Gasteiger partial charge in [-0.3, -0.25) is 24.6 Å². The number of carbonyl (C=O) groups excluding carboxylic acids is 2. The van der Waals surface area contributed by atoms with Gasteiger partial charge in [0.2, 0.25) is 11.8 Å². The van der Waals surface area contributed by atoms with E-state index in [0.29, 0.717) is 16.5 Å². The van der Waals surface area contributed by atoms with Crippen molar-refractivity contribution in [1.29, 1.82) is 0 Å². The average molecular weight is 456 g/mol. The molecule has 1 heterocycles. The molecule has 1 saturated carbocycles. The van der Waals surface area contributed by atoms with Crippen molar-refractivity contribution in [2.24, 2.45) is 4.99 Å². The standard InChI is InChI=1S/C22H21FN4O4S/c23-14-8-10-15(11-9-14)25-22-26(17-5-1-2-6-17)21(29)19(32-22)13-20(28)24-16-4-3-7-18(12-16)27(30)31/h3-4,7-12,17,19H,1-2,5-6,13H2,(H,24,28)/t19-/m0/s1. The van der Waals surface area contributed by atoms with E-state index in [4.69, 9.17) is 0 Å². The summed E-state index contributed by atoms with van der Waals surface area (Å²) in [5.41, 5.74) is 0.703. The van der Waals surface area contributed by atoms with Crippen LogP contribution in [0.15, 0.2) is 53.5 Å². The molecule has 0 aromatic heterocycles. The molecule has 4 rings (SSSR count). The van der Waals surface area contributed by atoms with Gasteiger partial charge in [0.25, 0.3) is 5.69 Å². The number of carbonyl (C=O) groups is 2. The number of hydrogen-bond acceptors (Lipinski definition) is 6. The molecular formula is C22H21FN4O4S. The van der Waals surface area contributed by atoms with Gasteiger partial charge in [0, 0.05) is 30.3 Å². The zero-order chi connectivity index (χ0) is 22.7. The van der Waals surface area contributed by atoms with Crippen LogP contribution in [0.4, 0.5) is 21.5 Å². The van der Waals surface area contributed by atoms with E-state index in [-0.39, 0.29) is 29.9 Å². The van der Waals surface area contributed by atoms with Crippen LogP contribution >= 0.6 is 11.8 Å². The molecule has 2 amide bonds. The van der Waals surface area contributed by atoms with Crippen molar-refractivity contribution < 1.29 is 18.9 Å². The number of anilines is 1. The van der Waals surface area contributed by atoms with Gasteiger partial charge in [-0.25, -0.2) is 9.38 Å². The second-order valence-corrected chi connectivity index (χ2v) is 8.85. The lowest BCUT2D eigenvalue weighted by molar-refractivity contribution is -0.384. The summed E-state index contributed by atoms with van der Waals surface area (Å²) >= 11 is 1.22. The molecular weight excluding hydrogens is 435 g/mol. The number of halogens is 1. The molecule has 10 heteroatoms. The fraction of sp³-hybridized carbons (Fsp3) is 0.318. The molecule has 2 aliphatic rings. The van der Waals surface area contributed by atoms with Crippen molar-refractivity contribution in [3.63, 3.8) is 0 Å². The Kier molecular flexibility index (Phi) is 6.50. The zero-order valence-corrected chi connectivity index (χ0v) is 17.9. The highest BCUT2D eigenvalue weighted by Crippen LogP contribution is 2.37. The van der Waals surface area contributed by atoms with Crippen molar-refractivity contribution in [2.45, 2.75) is 43.4 Å².